The number of carbonyl (C=O) groups is 1. The summed E-state index contributed by atoms with van der Waals surface area (Å²) in [7, 11) is 0. The van der Waals surface area contributed by atoms with Crippen LogP contribution >= 0.6 is 11.3 Å². The maximum absolute atomic E-state index is 12.1. The van der Waals surface area contributed by atoms with E-state index in [1.807, 2.05) is 55.5 Å². The lowest BCUT2D eigenvalue weighted by atomic mass is 10.1. The molecule has 1 N–H and O–H groups in total. The van der Waals surface area contributed by atoms with Gasteiger partial charge in [0.15, 0.2) is 0 Å². The molecule has 0 aliphatic rings. The molecule has 0 saturated carbocycles. The number of amides is 1. The Kier molecular flexibility index (Phi) is 4.25. The molecule has 0 spiro atoms. The SMILES string of the molecule is Cc1cccc(C(=O)NCc2nnc(-c3ccccc3)s2)c1. The second kappa shape index (κ2) is 6.49. The Hall–Kier alpha value is -2.53. The van der Waals surface area contributed by atoms with Gasteiger partial charge in [-0.15, -0.1) is 10.2 Å². The van der Waals surface area contributed by atoms with Crippen molar-refractivity contribution in [3.05, 3.63) is 70.7 Å². The molecule has 5 heteroatoms. The first-order chi connectivity index (χ1) is 10.7. The highest BCUT2D eigenvalue weighted by Gasteiger charge is 2.09. The van der Waals surface area contributed by atoms with E-state index in [2.05, 4.69) is 15.5 Å². The highest BCUT2D eigenvalue weighted by atomic mass is 32.1. The molecule has 1 heterocycles. The zero-order chi connectivity index (χ0) is 15.4. The summed E-state index contributed by atoms with van der Waals surface area (Å²) < 4.78 is 0. The lowest BCUT2D eigenvalue weighted by molar-refractivity contribution is 0.0950. The van der Waals surface area contributed by atoms with Gasteiger partial charge in [0.1, 0.15) is 10.0 Å². The largest absolute Gasteiger partial charge is 0.345 e. The van der Waals surface area contributed by atoms with Crippen molar-refractivity contribution in [2.75, 3.05) is 0 Å². The number of carbonyl (C=O) groups excluding carboxylic acids is 1. The second-order valence-electron chi connectivity index (χ2n) is 4.92. The molecule has 0 bridgehead atoms. The van der Waals surface area contributed by atoms with Crippen LogP contribution in [0.15, 0.2) is 54.6 Å². The molecule has 0 aliphatic heterocycles. The number of hydrogen-bond donors (Lipinski definition) is 1. The lowest BCUT2D eigenvalue weighted by Crippen LogP contribution is -2.22. The molecular weight excluding hydrogens is 294 g/mol. The van der Waals surface area contributed by atoms with E-state index in [1.54, 1.807) is 6.07 Å². The van der Waals surface area contributed by atoms with Crippen molar-refractivity contribution in [3.63, 3.8) is 0 Å². The summed E-state index contributed by atoms with van der Waals surface area (Å²) in [4.78, 5) is 12.1. The fraction of sp³-hybridized carbons (Fsp3) is 0.118. The number of aryl methyl sites for hydroxylation is 1. The van der Waals surface area contributed by atoms with E-state index in [4.69, 9.17) is 0 Å². The van der Waals surface area contributed by atoms with Gasteiger partial charge in [-0.3, -0.25) is 4.79 Å². The quantitative estimate of drug-likeness (QED) is 0.803. The maximum atomic E-state index is 12.1. The number of rotatable bonds is 4. The van der Waals surface area contributed by atoms with Crippen molar-refractivity contribution < 1.29 is 4.79 Å². The molecule has 22 heavy (non-hydrogen) atoms. The average Bonchev–Trinajstić information content (AvgIpc) is 3.02. The molecule has 1 amide bonds. The van der Waals surface area contributed by atoms with Gasteiger partial charge in [-0.05, 0) is 19.1 Å². The summed E-state index contributed by atoms with van der Waals surface area (Å²) in [6.45, 7) is 2.35. The summed E-state index contributed by atoms with van der Waals surface area (Å²) in [5.41, 5.74) is 2.76. The van der Waals surface area contributed by atoms with E-state index in [9.17, 15) is 4.79 Å². The predicted octanol–water partition coefficient (Wildman–Crippen LogP) is 3.44. The van der Waals surface area contributed by atoms with Crippen molar-refractivity contribution in [3.8, 4) is 10.6 Å². The summed E-state index contributed by atoms with van der Waals surface area (Å²) >= 11 is 1.49. The third-order valence-electron chi connectivity index (χ3n) is 3.17. The molecule has 3 rings (SSSR count). The van der Waals surface area contributed by atoms with E-state index < -0.39 is 0 Å². The molecule has 4 nitrogen and oxygen atoms in total. The second-order valence-corrected chi connectivity index (χ2v) is 5.98. The third-order valence-corrected chi connectivity index (χ3v) is 4.14. The molecule has 0 fully saturated rings. The lowest BCUT2D eigenvalue weighted by Gasteiger charge is -2.03. The first-order valence-electron chi connectivity index (χ1n) is 6.95. The molecule has 2 aromatic carbocycles. The fourth-order valence-corrected chi connectivity index (χ4v) is 2.85. The summed E-state index contributed by atoms with van der Waals surface area (Å²) in [6.07, 6.45) is 0. The van der Waals surface area contributed by atoms with E-state index in [1.165, 1.54) is 11.3 Å². The average molecular weight is 309 g/mol. The minimum absolute atomic E-state index is 0.0971. The van der Waals surface area contributed by atoms with Crippen molar-refractivity contribution in [2.45, 2.75) is 13.5 Å². The minimum atomic E-state index is -0.0971. The molecule has 1 aromatic heterocycles. The van der Waals surface area contributed by atoms with E-state index in [0.29, 0.717) is 12.1 Å². The number of aromatic nitrogens is 2. The summed E-state index contributed by atoms with van der Waals surface area (Å²) in [6, 6.07) is 17.4. The highest BCUT2D eigenvalue weighted by molar-refractivity contribution is 7.14. The maximum Gasteiger partial charge on any atom is 0.251 e. The van der Waals surface area contributed by atoms with Crippen molar-refractivity contribution in [1.82, 2.24) is 15.5 Å². The van der Waals surface area contributed by atoms with E-state index in [-0.39, 0.29) is 5.91 Å². The Bertz CT molecular complexity index is 783. The Labute approximate surface area is 132 Å². The van der Waals surface area contributed by atoms with Gasteiger partial charge in [0.05, 0.1) is 6.54 Å². The number of nitrogens with one attached hydrogen (secondary N) is 1. The minimum Gasteiger partial charge on any atom is -0.345 e. The van der Waals surface area contributed by atoms with Crippen LogP contribution in [0, 0.1) is 6.92 Å². The highest BCUT2D eigenvalue weighted by Crippen LogP contribution is 2.22. The van der Waals surface area contributed by atoms with Crippen LogP contribution in [-0.2, 0) is 6.54 Å². The van der Waals surface area contributed by atoms with Crippen LogP contribution in [0.2, 0.25) is 0 Å². The number of nitrogens with zero attached hydrogens (tertiary/aromatic N) is 2. The summed E-state index contributed by atoms with van der Waals surface area (Å²) in [5, 5.41) is 12.8. The monoisotopic (exact) mass is 309 g/mol. The summed E-state index contributed by atoms with van der Waals surface area (Å²) in [5.74, 6) is -0.0971. The normalized spacial score (nSPS) is 10.4. The number of hydrogen-bond acceptors (Lipinski definition) is 4. The van der Waals surface area contributed by atoms with Crippen LogP contribution < -0.4 is 5.32 Å². The Balaban J connectivity index is 1.65. The van der Waals surface area contributed by atoms with Crippen LogP contribution in [0.3, 0.4) is 0 Å². The molecule has 0 radical (unpaired) electrons. The fourth-order valence-electron chi connectivity index (χ4n) is 2.07. The first kappa shape index (κ1) is 14.4. The van der Waals surface area contributed by atoms with Crippen molar-refractivity contribution in [1.29, 1.82) is 0 Å². The molecule has 110 valence electrons. The molecule has 0 aliphatic carbocycles. The van der Waals surface area contributed by atoms with Crippen LogP contribution in [0.4, 0.5) is 0 Å². The first-order valence-corrected chi connectivity index (χ1v) is 7.77. The Morgan fingerprint density at radius 2 is 1.91 bits per heavy atom. The topological polar surface area (TPSA) is 54.9 Å². The molecule has 0 saturated heterocycles. The Morgan fingerprint density at radius 3 is 2.68 bits per heavy atom. The van der Waals surface area contributed by atoms with Gasteiger partial charge in [0, 0.05) is 11.1 Å². The van der Waals surface area contributed by atoms with Gasteiger partial charge >= 0.3 is 0 Å². The van der Waals surface area contributed by atoms with Gasteiger partial charge in [-0.2, -0.15) is 0 Å². The van der Waals surface area contributed by atoms with E-state index in [0.717, 1.165) is 21.1 Å². The predicted molar refractivity (Wildman–Crippen MR) is 87.7 cm³/mol. The van der Waals surface area contributed by atoms with Crippen molar-refractivity contribution in [2.24, 2.45) is 0 Å². The standard InChI is InChI=1S/C17H15N3OS/c1-12-6-5-9-14(10-12)16(21)18-11-15-19-20-17(22-15)13-7-3-2-4-8-13/h2-10H,11H2,1H3,(H,18,21). The van der Waals surface area contributed by atoms with Gasteiger partial charge in [-0.25, -0.2) is 0 Å². The van der Waals surface area contributed by atoms with Gasteiger partial charge in [-0.1, -0.05) is 59.4 Å². The molecule has 0 atom stereocenters. The van der Waals surface area contributed by atoms with Gasteiger partial charge < -0.3 is 5.32 Å². The third kappa shape index (κ3) is 3.38. The van der Waals surface area contributed by atoms with Crippen LogP contribution in [0.25, 0.3) is 10.6 Å². The van der Waals surface area contributed by atoms with Crippen molar-refractivity contribution >= 4 is 17.2 Å². The zero-order valence-electron chi connectivity index (χ0n) is 12.1. The van der Waals surface area contributed by atoms with E-state index >= 15 is 0 Å². The van der Waals surface area contributed by atoms with Crippen LogP contribution in [-0.4, -0.2) is 16.1 Å². The molecule has 3 aromatic rings. The molecular formula is C17H15N3OS. The zero-order valence-corrected chi connectivity index (χ0v) is 12.9. The molecule has 0 unspecified atom stereocenters. The number of benzene rings is 2. The van der Waals surface area contributed by atoms with Gasteiger partial charge in [0.25, 0.3) is 5.91 Å². The Morgan fingerprint density at radius 1 is 1.09 bits per heavy atom. The van der Waals surface area contributed by atoms with Crippen LogP contribution in [0.1, 0.15) is 20.9 Å². The van der Waals surface area contributed by atoms with Crippen LogP contribution in [0.5, 0.6) is 0 Å². The van der Waals surface area contributed by atoms with Gasteiger partial charge in [0.2, 0.25) is 0 Å². The smallest absolute Gasteiger partial charge is 0.251 e.